The normalized spacial score (nSPS) is 30.6. The number of amides is 1. The number of carbonyl (C=O) groups is 1. The van der Waals surface area contributed by atoms with Gasteiger partial charge in [0.15, 0.2) is 0 Å². The van der Waals surface area contributed by atoms with Crippen molar-refractivity contribution < 1.29 is 9.18 Å². The molecule has 1 aromatic carbocycles. The van der Waals surface area contributed by atoms with Gasteiger partial charge >= 0.3 is 0 Å². The first kappa shape index (κ1) is 17.9. The summed E-state index contributed by atoms with van der Waals surface area (Å²) in [5.74, 6) is 3.06. The van der Waals surface area contributed by atoms with Gasteiger partial charge in [0.2, 0.25) is 5.91 Å². The molecule has 5 atom stereocenters. The first-order chi connectivity index (χ1) is 13.5. The largest absolute Gasteiger partial charge is 0.353 e. The van der Waals surface area contributed by atoms with Gasteiger partial charge in [-0.1, -0.05) is 18.6 Å². The summed E-state index contributed by atoms with van der Waals surface area (Å²) in [6.45, 7) is 3.81. The summed E-state index contributed by atoms with van der Waals surface area (Å²) < 4.78 is 15.8. The molecule has 148 valence electrons. The highest BCUT2D eigenvalue weighted by Gasteiger charge is 2.54. The van der Waals surface area contributed by atoms with Gasteiger partial charge in [0.25, 0.3) is 0 Å². The number of aromatic nitrogens is 2. The topological polar surface area (TPSA) is 46.9 Å². The van der Waals surface area contributed by atoms with E-state index in [1.165, 1.54) is 31.7 Å². The lowest BCUT2D eigenvalue weighted by molar-refractivity contribution is -0.121. The molecule has 4 nitrogen and oxygen atoms in total. The summed E-state index contributed by atoms with van der Waals surface area (Å²) in [6.07, 6.45) is 6.91. The molecular weight excluding hydrogens is 353 g/mol. The van der Waals surface area contributed by atoms with Crippen LogP contribution in [-0.2, 0) is 11.2 Å². The molecule has 1 aromatic heterocycles. The molecule has 0 radical (unpaired) electrons. The van der Waals surface area contributed by atoms with Gasteiger partial charge in [0.1, 0.15) is 11.5 Å². The van der Waals surface area contributed by atoms with Crippen LogP contribution in [0.25, 0.3) is 5.69 Å². The number of hydrogen-bond donors (Lipinski definition) is 1. The Morgan fingerprint density at radius 2 is 1.96 bits per heavy atom. The van der Waals surface area contributed by atoms with Crippen molar-refractivity contribution in [1.82, 2.24) is 15.1 Å². The Labute approximate surface area is 165 Å². The van der Waals surface area contributed by atoms with Crippen LogP contribution in [0.5, 0.6) is 0 Å². The highest BCUT2D eigenvalue weighted by Crippen LogP contribution is 2.58. The van der Waals surface area contributed by atoms with Crippen molar-refractivity contribution >= 4 is 5.91 Å². The van der Waals surface area contributed by atoms with E-state index >= 15 is 0 Å². The van der Waals surface area contributed by atoms with Gasteiger partial charge in [-0.3, -0.25) is 4.79 Å². The van der Waals surface area contributed by atoms with Crippen molar-refractivity contribution in [3.05, 3.63) is 47.0 Å². The molecule has 5 heteroatoms. The molecule has 3 saturated carbocycles. The van der Waals surface area contributed by atoms with E-state index in [0.717, 1.165) is 41.1 Å². The lowest BCUT2D eigenvalue weighted by atomic mass is 9.79. The van der Waals surface area contributed by atoms with Crippen LogP contribution in [0, 0.1) is 43.3 Å². The minimum atomic E-state index is -0.308. The van der Waals surface area contributed by atoms with E-state index in [2.05, 4.69) is 10.4 Å². The number of rotatable bonds is 4. The van der Waals surface area contributed by atoms with E-state index in [4.69, 9.17) is 0 Å². The number of nitrogens with zero attached hydrogens (tertiary/aromatic N) is 2. The first-order valence-corrected chi connectivity index (χ1v) is 10.6. The van der Waals surface area contributed by atoms with E-state index in [1.807, 2.05) is 13.8 Å². The summed E-state index contributed by atoms with van der Waals surface area (Å²) in [5, 5.41) is 7.84. The molecule has 0 saturated heterocycles. The van der Waals surface area contributed by atoms with Gasteiger partial charge in [-0.25, -0.2) is 9.07 Å². The molecule has 0 spiro atoms. The molecule has 3 aliphatic carbocycles. The van der Waals surface area contributed by atoms with Crippen LogP contribution in [-0.4, -0.2) is 21.7 Å². The minimum absolute atomic E-state index is 0.0754. The fraction of sp³-hybridized carbons (Fsp3) is 0.565. The minimum Gasteiger partial charge on any atom is -0.353 e. The van der Waals surface area contributed by atoms with E-state index in [1.54, 1.807) is 22.9 Å². The maximum Gasteiger partial charge on any atom is 0.224 e. The second-order valence-corrected chi connectivity index (χ2v) is 9.02. The summed E-state index contributed by atoms with van der Waals surface area (Å²) in [5.41, 5.74) is 2.96. The van der Waals surface area contributed by atoms with Gasteiger partial charge < -0.3 is 5.32 Å². The molecular formula is C23H28FN3O. The van der Waals surface area contributed by atoms with Crippen LogP contribution < -0.4 is 5.32 Å². The lowest BCUT2D eigenvalue weighted by Gasteiger charge is -2.32. The zero-order valence-corrected chi connectivity index (χ0v) is 16.6. The summed E-state index contributed by atoms with van der Waals surface area (Å²) in [4.78, 5) is 12.8. The lowest BCUT2D eigenvalue weighted by Crippen LogP contribution is -2.43. The van der Waals surface area contributed by atoms with Gasteiger partial charge in [0.05, 0.1) is 12.1 Å². The number of para-hydroxylation sites is 1. The monoisotopic (exact) mass is 381 g/mol. The first-order valence-electron chi connectivity index (χ1n) is 10.6. The number of halogens is 1. The Morgan fingerprint density at radius 1 is 1.18 bits per heavy atom. The molecule has 2 bridgehead atoms. The number of aryl methyl sites for hydroxylation is 1. The van der Waals surface area contributed by atoms with Crippen LogP contribution in [0.15, 0.2) is 24.3 Å². The Hall–Kier alpha value is -2.17. The highest BCUT2D eigenvalue weighted by molar-refractivity contribution is 5.79. The predicted octanol–water partition coefficient (Wildman–Crippen LogP) is 4.11. The fourth-order valence-corrected chi connectivity index (χ4v) is 6.44. The van der Waals surface area contributed by atoms with Crippen molar-refractivity contribution in [3.8, 4) is 5.69 Å². The summed E-state index contributed by atoms with van der Waals surface area (Å²) in [7, 11) is 0. The van der Waals surface area contributed by atoms with Gasteiger partial charge in [-0.15, -0.1) is 0 Å². The maximum absolute atomic E-state index is 14.2. The molecule has 0 unspecified atom stereocenters. The molecule has 1 amide bonds. The number of hydrogen-bond acceptors (Lipinski definition) is 2. The molecule has 3 fully saturated rings. The quantitative estimate of drug-likeness (QED) is 0.866. The SMILES string of the molecule is Cc1nn(-c2ccccc2F)c(C)c1CC(=O)N[C@H]1C[C@@H]2C[C@@H]1[C@H]1CCC[C@H]21. The third-order valence-electron chi connectivity index (χ3n) is 7.63. The molecule has 28 heavy (non-hydrogen) atoms. The third-order valence-corrected chi connectivity index (χ3v) is 7.63. The van der Waals surface area contributed by atoms with Gasteiger partial charge in [-0.2, -0.15) is 5.10 Å². The Bertz CT molecular complexity index is 921. The van der Waals surface area contributed by atoms with Crippen molar-refractivity contribution in [2.24, 2.45) is 23.7 Å². The zero-order valence-electron chi connectivity index (χ0n) is 16.6. The van der Waals surface area contributed by atoms with Crippen molar-refractivity contribution in [3.63, 3.8) is 0 Å². The fourth-order valence-electron chi connectivity index (χ4n) is 6.44. The Kier molecular flexibility index (Phi) is 4.29. The molecule has 0 aliphatic heterocycles. The maximum atomic E-state index is 14.2. The molecule has 1 heterocycles. The molecule has 3 aliphatic rings. The Morgan fingerprint density at radius 3 is 2.79 bits per heavy atom. The standard InChI is InChI=1S/C23H28FN3O/c1-13-18(14(2)27(26-13)22-9-4-3-8-20(22)24)12-23(28)25-21-11-15-10-19(21)17-7-5-6-16(15)17/h3-4,8-9,15-17,19,21H,5-7,10-12H2,1-2H3,(H,25,28)/t15-,16+,17-,19+,21-/m0/s1. The number of benzene rings is 1. The summed E-state index contributed by atoms with van der Waals surface area (Å²) >= 11 is 0. The second kappa shape index (κ2) is 6.71. The van der Waals surface area contributed by atoms with Crippen molar-refractivity contribution in [1.29, 1.82) is 0 Å². The molecule has 5 rings (SSSR count). The average molecular weight is 381 g/mol. The summed E-state index contributed by atoms with van der Waals surface area (Å²) in [6, 6.07) is 6.96. The van der Waals surface area contributed by atoms with Gasteiger partial charge in [-0.05, 0) is 75.3 Å². The Balaban J connectivity index is 1.30. The third kappa shape index (κ3) is 2.78. The zero-order chi connectivity index (χ0) is 19.4. The van der Waals surface area contributed by atoms with E-state index in [0.29, 0.717) is 24.1 Å². The predicted molar refractivity (Wildman–Crippen MR) is 106 cm³/mol. The van der Waals surface area contributed by atoms with E-state index in [-0.39, 0.29) is 11.7 Å². The van der Waals surface area contributed by atoms with Gasteiger partial charge in [0, 0.05) is 17.3 Å². The smallest absolute Gasteiger partial charge is 0.224 e. The molecule has 1 N–H and O–H groups in total. The van der Waals surface area contributed by atoms with Crippen LogP contribution in [0.2, 0.25) is 0 Å². The van der Waals surface area contributed by atoms with Crippen LogP contribution in [0.1, 0.15) is 49.1 Å². The van der Waals surface area contributed by atoms with Crippen LogP contribution in [0.4, 0.5) is 4.39 Å². The van der Waals surface area contributed by atoms with Crippen molar-refractivity contribution in [2.75, 3.05) is 0 Å². The highest BCUT2D eigenvalue weighted by atomic mass is 19.1. The van der Waals surface area contributed by atoms with E-state index < -0.39 is 0 Å². The van der Waals surface area contributed by atoms with Crippen molar-refractivity contribution in [2.45, 2.75) is 58.4 Å². The second-order valence-electron chi connectivity index (χ2n) is 9.02. The van der Waals surface area contributed by atoms with Crippen LogP contribution in [0.3, 0.4) is 0 Å². The van der Waals surface area contributed by atoms with Crippen LogP contribution >= 0.6 is 0 Å². The molecule has 2 aromatic rings. The average Bonchev–Trinajstić information content (AvgIpc) is 3.41. The number of carbonyl (C=O) groups excluding carboxylic acids is 1. The number of fused-ring (bicyclic) bond motifs is 5. The number of nitrogens with one attached hydrogen (secondary N) is 1. The van der Waals surface area contributed by atoms with E-state index in [9.17, 15) is 9.18 Å².